The molecule has 0 amide bonds. The van der Waals surface area contributed by atoms with Crippen LogP contribution >= 0.6 is 11.8 Å². The van der Waals surface area contributed by atoms with Gasteiger partial charge in [-0.1, -0.05) is 6.92 Å². The summed E-state index contributed by atoms with van der Waals surface area (Å²) in [6, 6.07) is 0.667. The topological polar surface area (TPSA) is 21.3 Å². The van der Waals surface area contributed by atoms with Gasteiger partial charge in [-0.15, -0.1) is 0 Å². The predicted octanol–water partition coefficient (Wildman–Crippen LogP) is 2.68. The molecule has 1 atom stereocenters. The summed E-state index contributed by atoms with van der Waals surface area (Å²) in [7, 11) is 0. The zero-order chi connectivity index (χ0) is 11.1. The Morgan fingerprint density at radius 2 is 2.27 bits per heavy atom. The van der Waals surface area contributed by atoms with Crippen LogP contribution in [0.1, 0.15) is 40.0 Å². The van der Waals surface area contributed by atoms with Crippen LogP contribution in [0.5, 0.6) is 0 Å². The van der Waals surface area contributed by atoms with E-state index in [4.69, 9.17) is 4.74 Å². The fourth-order valence-corrected chi connectivity index (χ4v) is 2.67. The summed E-state index contributed by atoms with van der Waals surface area (Å²) >= 11 is 2.03. The van der Waals surface area contributed by atoms with Gasteiger partial charge in [0.15, 0.2) is 0 Å². The zero-order valence-corrected chi connectivity index (χ0v) is 11.2. The minimum Gasteiger partial charge on any atom is -0.375 e. The second kappa shape index (κ2) is 6.77. The second-order valence-corrected chi connectivity index (χ2v) is 6.20. The average molecular weight is 231 g/mol. The molecule has 1 rings (SSSR count). The summed E-state index contributed by atoms with van der Waals surface area (Å²) in [5.74, 6) is 2.53. The van der Waals surface area contributed by atoms with E-state index in [0.29, 0.717) is 6.04 Å². The van der Waals surface area contributed by atoms with E-state index in [1.807, 2.05) is 11.8 Å². The largest absolute Gasteiger partial charge is 0.375 e. The minimum atomic E-state index is 0.0775. The second-order valence-electron chi connectivity index (χ2n) is 4.80. The maximum atomic E-state index is 5.70. The smallest absolute Gasteiger partial charge is 0.0641 e. The number of ether oxygens (including phenoxy) is 1. The molecule has 3 heteroatoms. The Morgan fingerprint density at radius 3 is 2.93 bits per heavy atom. The normalized spacial score (nSPS) is 25.4. The molecule has 1 saturated heterocycles. The van der Waals surface area contributed by atoms with E-state index >= 15 is 0 Å². The first-order chi connectivity index (χ1) is 7.14. The Kier molecular flexibility index (Phi) is 6.02. The van der Waals surface area contributed by atoms with Gasteiger partial charge in [-0.3, -0.25) is 0 Å². The molecule has 1 fully saturated rings. The highest BCUT2D eigenvalue weighted by atomic mass is 32.2. The van der Waals surface area contributed by atoms with Crippen molar-refractivity contribution in [3.8, 4) is 0 Å². The van der Waals surface area contributed by atoms with Crippen LogP contribution in [0.2, 0.25) is 0 Å². The molecule has 2 nitrogen and oxygen atoms in total. The van der Waals surface area contributed by atoms with Gasteiger partial charge < -0.3 is 10.1 Å². The molecule has 15 heavy (non-hydrogen) atoms. The van der Waals surface area contributed by atoms with Crippen molar-refractivity contribution in [1.29, 1.82) is 0 Å². The van der Waals surface area contributed by atoms with Gasteiger partial charge in [0.05, 0.1) is 5.60 Å². The zero-order valence-electron chi connectivity index (χ0n) is 10.3. The van der Waals surface area contributed by atoms with E-state index in [0.717, 1.165) is 19.6 Å². The van der Waals surface area contributed by atoms with Gasteiger partial charge in [-0.25, -0.2) is 0 Å². The van der Waals surface area contributed by atoms with Crippen LogP contribution in [-0.4, -0.2) is 36.3 Å². The summed E-state index contributed by atoms with van der Waals surface area (Å²) < 4.78 is 5.70. The molecular weight excluding hydrogens is 206 g/mol. The molecule has 1 unspecified atom stereocenters. The molecule has 0 aromatic carbocycles. The van der Waals surface area contributed by atoms with Crippen molar-refractivity contribution in [3.05, 3.63) is 0 Å². The van der Waals surface area contributed by atoms with Gasteiger partial charge in [0.1, 0.15) is 0 Å². The number of hydrogen-bond acceptors (Lipinski definition) is 3. The highest BCUT2D eigenvalue weighted by molar-refractivity contribution is 7.99. The lowest BCUT2D eigenvalue weighted by atomic mass is 9.94. The Balaban J connectivity index is 2.05. The molecule has 0 saturated carbocycles. The van der Waals surface area contributed by atoms with Gasteiger partial charge >= 0.3 is 0 Å². The molecule has 0 radical (unpaired) electrons. The fourth-order valence-electron chi connectivity index (χ4n) is 2.03. The molecule has 1 aliphatic rings. The molecule has 1 N–H and O–H groups in total. The van der Waals surface area contributed by atoms with Crippen molar-refractivity contribution in [1.82, 2.24) is 5.32 Å². The van der Waals surface area contributed by atoms with E-state index in [2.05, 4.69) is 26.1 Å². The molecule has 1 heterocycles. The number of thioether (sulfide) groups is 1. The number of rotatable bonds is 6. The van der Waals surface area contributed by atoms with Crippen molar-refractivity contribution in [2.24, 2.45) is 0 Å². The summed E-state index contributed by atoms with van der Waals surface area (Å²) in [4.78, 5) is 0. The molecule has 0 aromatic rings. The van der Waals surface area contributed by atoms with E-state index in [1.165, 1.54) is 24.3 Å². The lowest BCUT2D eigenvalue weighted by molar-refractivity contribution is -0.0627. The average Bonchev–Trinajstić information content (AvgIpc) is 2.16. The Morgan fingerprint density at radius 1 is 1.47 bits per heavy atom. The molecule has 0 bridgehead atoms. The van der Waals surface area contributed by atoms with Crippen molar-refractivity contribution >= 4 is 11.8 Å². The third-order valence-corrected chi connectivity index (χ3v) is 3.79. The minimum absolute atomic E-state index is 0.0775. The van der Waals surface area contributed by atoms with Crippen LogP contribution in [0.15, 0.2) is 0 Å². The lowest BCUT2D eigenvalue weighted by Crippen LogP contribution is -2.44. The molecular formula is C12H25NOS. The first kappa shape index (κ1) is 13.3. The lowest BCUT2D eigenvalue weighted by Gasteiger charge is -2.36. The molecule has 0 aromatic heterocycles. The van der Waals surface area contributed by atoms with Crippen molar-refractivity contribution in [2.45, 2.75) is 51.7 Å². The van der Waals surface area contributed by atoms with Crippen LogP contribution in [-0.2, 0) is 4.74 Å². The van der Waals surface area contributed by atoms with Crippen LogP contribution in [0.25, 0.3) is 0 Å². The molecule has 0 aliphatic carbocycles. The van der Waals surface area contributed by atoms with E-state index < -0.39 is 0 Å². The first-order valence-corrected chi connectivity index (χ1v) is 7.24. The highest BCUT2D eigenvalue weighted by Gasteiger charge is 2.28. The van der Waals surface area contributed by atoms with Crippen molar-refractivity contribution < 1.29 is 4.74 Å². The molecule has 0 spiro atoms. The Hall–Kier alpha value is 0.270. The Bertz CT molecular complexity index is 173. The Labute approximate surface area is 98.5 Å². The van der Waals surface area contributed by atoms with Gasteiger partial charge in [0.2, 0.25) is 0 Å². The van der Waals surface area contributed by atoms with Crippen LogP contribution in [0.3, 0.4) is 0 Å². The SMILES string of the molecule is CCSCCCNC1CCOC(C)(C)C1. The summed E-state index contributed by atoms with van der Waals surface area (Å²) in [6.07, 6.45) is 3.61. The molecule has 90 valence electrons. The van der Waals surface area contributed by atoms with Crippen LogP contribution < -0.4 is 5.32 Å². The van der Waals surface area contributed by atoms with Gasteiger partial charge in [0, 0.05) is 12.6 Å². The summed E-state index contributed by atoms with van der Waals surface area (Å²) in [5.41, 5.74) is 0.0775. The third kappa shape index (κ3) is 5.79. The van der Waals surface area contributed by atoms with Gasteiger partial charge in [-0.2, -0.15) is 11.8 Å². The number of hydrogen-bond donors (Lipinski definition) is 1. The summed E-state index contributed by atoms with van der Waals surface area (Å²) in [5, 5.41) is 3.64. The van der Waals surface area contributed by atoms with Crippen LogP contribution in [0.4, 0.5) is 0 Å². The van der Waals surface area contributed by atoms with Crippen molar-refractivity contribution in [3.63, 3.8) is 0 Å². The maximum absolute atomic E-state index is 5.70. The van der Waals surface area contributed by atoms with E-state index in [9.17, 15) is 0 Å². The third-order valence-electron chi connectivity index (χ3n) is 2.80. The van der Waals surface area contributed by atoms with E-state index in [1.54, 1.807) is 0 Å². The fraction of sp³-hybridized carbons (Fsp3) is 1.00. The van der Waals surface area contributed by atoms with Gasteiger partial charge in [-0.05, 0) is 51.2 Å². The van der Waals surface area contributed by atoms with Crippen LogP contribution in [0, 0.1) is 0 Å². The quantitative estimate of drug-likeness (QED) is 0.710. The maximum Gasteiger partial charge on any atom is 0.0641 e. The molecule has 1 aliphatic heterocycles. The predicted molar refractivity (Wildman–Crippen MR) is 68.7 cm³/mol. The highest BCUT2D eigenvalue weighted by Crippen LogP contribution is 2.23. The summed E-state index contributed by atoms with van der Waals surface area (Å²) in [6.45, 7) is 8.67. The van der Waals surface area contributed by atoms with E-state index in [-0.39, 0.29) is 5.60 Å². The standard InChI is InChI=1S/C12H25NOS/c1-4-15-9-5-7-13-11-6-8-14-12(2,3)10-11/h11,13H,4-10H2,1-3H3. The first-order valence-electron chi connectivity index (χ1n) is 6.09. The monoisotopic (exact) mass is 231 g/mol. The number of nitrogens with one attached hydrogen (secondary N) is 1. The van der Waals surface area contributed by atoms with Gasteiger partial charge in [0.25, 0.3) is 0 Å². The van der Waals surface area contributed by atoms with Crippen molar-refractivity contribution in [2.75, 3.05) is 24.7 Å².